The van der Waals surface area contributed by atoms with Gasteiger partial charge in [0.25, 0.3) is 0 Å². The molecule has 1 aliphatic rings. The number of hydrogen-bond acceptors (Lipinski definition) is 4. The van der Waals surface area contributed by atoms with Crippen LogP contribution in [0.1, 0.15) is 13.3 Å². The smallest absolute Gasteiger partial charge is 0.242 e. The number of hydrogen-bond donors (Lipinski definition) is 1. The summed E-state index contributed by atoms with van der Waals surface area (Å²) in [5.41, 5.74) is 1.46. The van der Waals surface area contributed by atoms with Crippen molar-refractivity contribution < 1.29 is 9.59 Å². The Kier molecular flexibility index (Phi) is 6.06. The topological polar surface area (TPSA) is 61.8 Å². The Morgan fingerprint density at radius 3 is 2.60 bits per heavy atom. The van der Waals surface area contributed by atoms with Gasteiger partial charge < -0.3 is 5.32 Å². The number of carbonyl (C=O) groups excluding carboxylic acids is 2. The number of aliphatic imine (C=N–C) groups is 1. The second kappa shape index (κ2) is 8.90. The molecule has 1 fully saturated rings. The largest absolute Gasteiger partial charge is 0.326 e. The van der Waals surface area contributed by atoms with Crippen LogP contribution in [0.5, 0.6) is 0 Å². The molecule has 0 aliphatic carbocycles. The molecule has 1 heterocycles. The summed E-state index contributed by atoms with van der Waals surface area (Å²) in [7, 11) is 0. The zero-order valence-electron chi connectivity index (χ0n) is 16.3. The van der Waals surface area contributed by atoms with E-state index < -0.39 is 5.25 Å². The number of anilines is 1. The highest BCUT2D eigenvalue weighted by Gasteiger charge is 2.38. The Hall–Kier alpha value is -2.83. The van der Waals surface area contributed by atoms with Gasteiger partial charge in [-0.1, -0.05) is 59.8 Å². The fourth-order valence-electron chi connectivity index (χ4n) is 3.34. The van der Waals surface area contributed by atoms with Crippen molar-refractivity contribution in [3.05, 3.63) is 71.8 Å². The third-order valence-electron chi connectivity index (χ3n) is 4.82. The van der Waals surface area contributed by atoms with Crippen LogP contribution in [0.25, 0.3) is 10.8 Å². The average Bonchev–Trinajstić information content (AvgIpc) is 3.04. The minimum absolute atomic E-state index is 0.0805. The quantitative estimate of drug-likeness (QED) is 0.575. The molecule has 1 N–H and O–H groups in total. The van der Waals surface area contributed by atoms with E-state index in [0.29, 0.717) is 22.4 Å². The Balaban J connectivity index is 1.53. The van der Waals surface area contributed by atoms with Crippen molar-refractivity contribution in [2.75, 3.05) is 11.9 Å². The maximum Gasteiger partial charge on any atom is 0.242 e. The van der Waals surface area contributed by atoms with Gasteiger partial charge in [0.1, 0.15) is 5.25 Å². The van der Waals surface area contributed by atoms with Gasteiger partial charge in [0.05, 0.1) is 5.69 Å². The third kappa shape index (κ3) is 4.35. The second-order valence-corrected chi connectivity index (χ2v) is 8.45. The summed E-state index contributed by atoms with van der Waals surface area (Å²) in [6, 6.07) is 20.8. The lowest BCUT2D eigenvalue weighted by Gasteiger charge is -2.13. The van der Waals surface area contributed by atoms with Crippen LogP contribution in [0, 0.1) is 0 Å². The number of thioether (sulfide) groups is 1. The summed E-state index contributed by atoms with van der Waals surface area (Å²) in [6.45, 7) is 2.41. The molecule has 0 bridgehead atoms. The zero-order chi connectivity index (χ0) is 21.1. The molecule has 1 atom stereocenters. The van der Waals surface area contributed by atoms with E-state index >= 15 is 0 Å². The molecule has 4 rings (SSSR count). The van der Waals surface area contributed by atoms with Crippen LogP contribution in [0.4, 0.5) is 11.4 Å². The first-order valence-electron chi connectivity index (χ1n) is 9.65. The summed E-state index contributed by atoms with van der Waals surface area (Å²) in [5.74, 6) is -0.307. The molecule has 1 aliphatic heterocycles. The third-order valence-corrected chi connectivity index (χ3v) is 6.25. The molecule has 152 valence electrons. The number of nitrogens with zero attached hydrogens (tertiary/aromatic N) is 2. The molecule has 0 aromatic heterocycles. The SMILES string of the molecule is CCN1C(=O)C(CC(=O)Nc2ccc(Cl)cc2)SC1=Nc1cccc2ccccc12. The van der Waals surface area contributed by atoms with Crippen molar-refractivity contribution in [1.82, 2.24) is 4.90 Å². The van der Waals surface area contributed by atoms with Crippen LogP contribution in [-0.2, 0) is 9.59 Å². The predicted molar refractivity (Wildman–Crippen MR) is 125 cm³/mol. The number of carbonyl (C=O) groups is 2. The Labute approximate surface area is 184 Å². The summed E-state index contributed by atoms with van der Waals surface area (Å²) in [6.07, 6.45) is 0.0805. The van der Waals surface area contributed by atoms with Crippen LogP contribution in [0.3, 0.4) is 0 Å². The number of halogens is 1. The zero-order valence-corrected chi connectivity index (χ0v) is 17.9. The second-order valence-electron chi connectivity index (χ2n) is 6.84. The molecule has 3 aromatic rings. The van der Waals surface area contributed by atoms with Gasteiger partial charge in [-0.15, -0.1) is 0 Å². The Bertz CT molecular complexity index is 1130. The highest BCUT2D eigenvalue weighted by atomic mass is 35.5. The molecule has 30 heavy (non-hydrogen) atoms. The van der Waals surface area contributed by atoms with Crippen LogP contribution in [0.2, 0.25) is 5.02 Å². The van der Waals surface area contributed by atoms with Gasteiger partial charge in [0.15, 0.2) is 5.17 Å². The van der Waals surface area contributed by atoms with Crippen LogP contribution >= 0.6 is 23.4 Å². The molecule has 0 saturated carbocycles. The molecule has 7 heteroatoms. The lowest BCUT2D eigenvalue weighted by molar-refractivity contribution is -0.128. The fraction of sp³-hybridized carbons (Fsp3) is 0.174. The van der Waals surface area contributed by atoms with Gasteiger partial charge in [-0.2, -0.15) is 0 Å². The first kappa shape index (κ1) is 20.4. The fourth-order valence-corrected chi connectivity index (χ4v) is 4.68. The van der Waals surface area contributed by atoms with E-state index in [1.54, 1.807) is 29.2 Å². The minimum atomic E-state index is -0.494. The minimum Gasteiger partial charge on any atom is -0.326 e. The highest BCUT2D eigenvalue weighted by molar-refractivity contribution is 8.15. The maximum absolute atomic E-state index is 12.9. The number of amidine groups is 1. The van der Waals surface area contributed by atoms with Crippen molar-refractivity contribution >= 4 is 62.5 Å². The van der Waals surface area contributed by atoms with E-state index in [2.05, 4.69) is 5.32 Å². The van der Waals surface area contributed by atoms with Gasteiger partial charge >= 0.3 is 0 Å². The molecule has 2 amide bonds. The average molecular weight is 438 g/mol. The summed E-state index contributed by atoms with van der Waals surface area (Å²) in [5, 5.41) is 5.67. The lowest BCUT2D eigenvalue weighted by Crippen LogP contribution is -2.33. The molecule has 1 saturated heterocycles. The van der Waals surface area contributed by atoms with Gasteiger partial charge in [-0.25, -0.2) is 4.99 Å². The standard InChI is InChI=1S/C23H20ClN3O2S/c1-2-27-22(29)20(14-21(28)25-17-12-10-16(24)11-13-17)30-23(27)26-19-9-5-7-15-6-3-4-8-18(15)19/h3-13,20H,2,14H2,1H3,(H,25,28). The normalized spacial score (nSPS) is 17.7. The Morgan fingerprint density at radius 1 is 1.10 bits per heavy atom. The van der Waals surface area contributed by atoms with Gasteiger partial charge in [-0.05, 0) is 42.6 Å². The number of fused-ring (bicyclic) bond motifs is 1. The van der Waals surface area contributed by atoms with Crippen molar-refractivity contribution in [3.8, 4) is 0 Å². The lowest BCUT2D eigenvalue weighted by atomic mass is 10.1. The van der Waals surface area contributed by atoms with E-state index in [0.717, 1.165) is 16.5 Å². The molecular weight excluding hydrogens is 418 g/mol. The molecule has 0 spiro atoms. The van der Waals surface area contributed by atoms with Crippen molar-refractivity contribution in [3.63, 3.8) is 0 Å². The summed E-state index contributed by atoms with van der Waals surface area (Å²) < 4.78 is 0. The van der Waals surface area contributed by atoms with Gasteiger partial charge in [0, 0.05) is 29.1 Å². The molecule has 1 unspecified atom stereocenters. The maximum atomic E-state index is 12.9. The van der Waals surface area contributed by atoms with E-state index in [1.807, 2.05) is 49.4 Å². The number of benzene rings is 3. The van der Waals surface area contributed by atoms with Gasteiger partial charge in [0.2, 0.25) is 11.8 Å². The van der Waals surface area contributed by atoms with Crippen molar-refractivity contribution in [2.45, 2.75) is 18.6 Å². The summed E-state index contributed by atoms with van der Waals surface area (Å²) in [4.78, 5) is 31.7. The molecule has 5 nitrogen and oxygen atoms in total. The predicted octanol–water partition coefficient (Wildman–Crippen LogP) is 5.47. The first-order chi connectivity index (χ1) is 14.5. The molecule has 3 aromatic carbocycles. The van der Waals surface area contributed by atoms with E-state index in [1.165, 1.54) is 11.8 Å². The summed E-state index contributed by atoms with van der Waals surface area (Å²) >= 11 is 7.22. The Morgan fingerprint density at radius 2 is 1.83 bits per heavy atom. The highest BCUT2D eigenvalue weighted by Crippen LogP contribution is 2.34. The van der Waals surface area contributed by atoms with Crippen molar-refractivity contribution in [1.29, 1.82) is 0 Å². The van der Waals surface area contributed by atoms with Crippen LogP contribution in [-0.4, -0.2) is 33.7 Å². The molecular formula is C23H20ClN3O2S. The number of rotatable bonds is 5. The number of nitrogens with one attached hydrogen (secondary N) is 1. The monoisotopic (exact) mass is 437 g/mol. The first-order valence-corrected chi connectivity index (χ1v) is 10.9. The van der Waals surface area contributed by atoms with E-state index in [9.17, 15) is 9.59 Å². The number of amides is 2. The van der Waals surface area contributed by atoms with Crippen LogP contribution < -0.4 is 5.32 Å². The van der Waals surface area contributed by atoms with E-state index in [-0.39, 0.29) is 18.2 Å². The van der Waals surface area contributed by atoms with Crippen molar-refractivity contribution in [2.24, 2.45) is 4.99 Å². The van der Waals surface area contributed by atoms with E-state index in [4.69, 9.17) is 16.6 Å². The van der Waals surface area contributed by atoms with Gasteiger partial charge in [-0.3, -0.25) is 14.5 Å². The van der Waals surface area contributed by atoms with Crippen LogP contribution in [0.15, 0.2) is 71.7 Å². The molecule has 0 radical (unpaired) electrons.